The number of para-hydroxylation sites is 1. The van der Waals surface area contributed by atoms with E-state index in [0.717, 1.165) is 17.2 Å². The van der Waals surface area contributed by atoms with E-state index in [1.54, 1.807) is 0 Å². The average Bonchev–Trinajstić information content (AvgIpc) is 2.29. The summed E-state index contributed by atoms with van der Waals surface area (Å²) in [6, 6.07) is 8.65. The summed E-state index contributed by atoms with van der Waals surface area (Å²) in [6.45, 7) is 4.15. The summed E-state index contributed by atoms with van der Waals surface area (Å²) in [6.07, 6.45) is 4.76. The molecule has 0 aliphatic heterocycles. The zero-order chi connectivity index (χ0) is 12.3. The summed E-state index contributed by atoms with van der Waals surface area (Å²) in [4.78, 5) is 0. The van der Waals surface area contributed by atoms with Gasteiger partial charge in [-0.25, -0.2) is 0 Å². The molecular formula is C15H23NO. The van der Waals surface area contributed by atoms with Gasteiger partial charge < -0.3 is 10.4 Å². The molecule has 0 heterocycles. The first-order chi connectivity index (χ1) is 8.16. The van der Waals surface area contributed by atoms with E-state index in [1.807, 2.05) is 25.1 Å². The molecule has 2 nitrogen and oxygen atoms in total. The van der Waals surface area contributed by atoms with Crippen LogP contribution in [0.3, 0.4) is 0 Å². The fourth-order valence-corrected chi connectivity index (χ4v) is 2.78. The molecule has 3 unspecified atom stereocenters. The Bertz CT molecular complexity index is 362. The second kappa shape index (κ2) is 5.54. The molecule has 2 heteroatoms. The maximum Gasteiger partial charge on any atom is 0.0781 e. The molecule has 0 aromatic heterocycles. The Morgan fingerprint density at radius 2 is 2.06 bits per heavy atom. The second-order valence-electron chi connectivity index (χ2n) is 5.38. The highest BCUT2D eigenvalue weighted by Crippen LogP contribution is 2.29. The molecule has 0 spiro atoms. The zero-order valence-electron chi connectivity index (χ0n) is 10.8. The Morgan fingerprint density at radius 3 is 2.76 bits per heavy atom. The molecule has 0 amide bonds. The zero-order valence-corrected chi connectivity index (χ0v) is 10.8. The van der Waals surface area contributed by atoms with Crippen LogP contribution in [0.2, 0.25) is 0 Å². The number of aliphatic hydroxyl groups excluding tert-OH is 1. The van der Waals surface area contributed by atoms with Crippen molar-refractivity contribution in [3.05, 3.63) is 29.8 Å². The highest BCUT2D eigenvalue weighted by Gasteiger charge is 2.19. The minimum absolute atomic E-state index is 0.403. The van der Waals surface area contributed by atoms with Crippen molar-refractivity contribution in [1.82, 2.24) is 0 Å². The lowest BCUT2D eigenvalue weighted by Gasteiger charge is -2.29. The van der Waals surface area contributed by atoms with Gasteiger partial charge in [-0.15, -0.1) is 0 Å². The van der Waals surface area contributed by atoms with Crippen molar-refractivity contribution >= 4 is 5.69 Å². The summed E-state index contributed by atoms with van der Waals surface area (Å²) in [5, 5.41) is 13.3. The molecule has 1 saturated carbocycles. The van der Waals surface area contributed by atoms with Crippen LogP contribution in [0.15, 0.2) is 24.3 Å². The van der Waals surface area contributed by atoms with Gasteiger partial charge in [-0.2, -0.15) is 0 Å². The molecule has 0 bridgehead atoms. The molecule has 1 aliphatic carbocycles. The number of hydrogen-bond donors (Lipinski definition) is 2. The minimum atomic E-state index is -0.403. The fraction of sp³-hybridized carbons (Fsp3) is 0.600. The van der Waals surface area contributed by atoms with Crippen LogP contribution in [0.25, 0.3) is 0 Å². The first-order valence-electron chi connectivity index (χ1n) is 6.70. The number of aliphatic hydroxyl groups is 1. The van der Waals surface area contributed by atoms with Crippen molar-refractivity contribution in [3.8, 4) is 0 Å². The highest BCUT2D eigenvalue weighted by molar-refractivity contribution is 5.52. The summed E-state index contributed by atoms with van der Waals surface area (Å²) < 4.78 is 0. The number of benzene rings is 1. The Morgan fingerprint density at radius 1 is 1.29 bits per heavy atom. The molecule has 94 valence electrons. The number of anilines is 1. The number of nitrogens with one attached hydrogen (secondary N) is 1. The lowest BCUT2D eigenvalue weighted by Crippen LogP contribution is -2.26. The Kier molecular flexibility index (Phi) is 4.06. The maximum atomic E-state index is 9.75. The molecule has 2 N–H and O–H groups in total. The van der Waals surface area contributed by atoms with Crippen molar-refractivity contribution in [1.29, 1.82) is 0 Å². The van der Waals surface area contributed by atoms with E-state index in [9.17, 15) is 5.11 Å². The quantitative estimate of drug-likeness (QED) is 0.833. The van der Waals surface area contributed by atoms with Gasteiger partial charge in [-0.3, -0.25) is 0 Å². The first-order valence-corrected chi connectivity index (χ1v) is 6.70. The largest absolute Gasteiger partial charge is 0.389 e. The van der Waals surface area contributed by atoms with E-state index in [0.29, 0.717) is 6.04 Å². The molecular weight excluding hydrogens is 210 g/mol. The van der Waals surface area contributed by atoms with Gasteiger partial charge in [0, 0.05) is 17.3 Å². The normalized spacial score (nSPS) is 26.5. The van der Waals surface area contributed by atoms with Gasteiger partial charge in [0.25, 0.3) is 0 Å². The van der Waals surface area contributed by atoms with Gasteiger partial charge in [0.15, 0.2) is 0 Å². The van der Waals surface area contributed by atoms with E-state index in [-0.39, 0.29) is 0 Å². The van der Waals surface area contributed by atoms with Gasteiger partial charge in [0.05, 0.1) is 6.10 Å². The van der Waals surface area contributed by atoms with Crippen LogP contribution >= 0.6 is 0 Å². The summed E-state index contributed by atoms with van der Waals surface area (Å²) in [5.41, 5.74) is 2.10. The average molecular weight is 233 g/mol. The Balaban J connectivity index is 2.07. The Hall–Kier alpha value is -1.02. The summed E-state index contributed by atoms with van der Waals surface area (Å²) in [5.74, 6) is 0.819. The van der Waals surface area contributed by atoms with Gasteiger partial charge in [0.1, 0.15) is 0 Å². The molecule has 1 aliphatic rings. The molecule has 1 aromatic rings. The third kappa shape index (κ3) is 3.22. The second-order valence-corrected chi connectivity index (χ2v) is 5.38. The van der Waals surface area contributed by atoms with Crippen LogP contribution in [0, 0.1) is 5.92 Å². The lowest BCUT2D eigenvalue weighted by atomic mass is 9.87. The smallest absolute Gasteiger partial charge is 0.0781 e. The van der Waals surface area contributed by atoms with Gasteiger partial charge in [-0.05, 0) is 31.7 Å². The van der Waals surface area contributed by atoms with Gasteiger partial charge in [0.2, 0.25) is 0 Å². The van der Waals surface area contributed by atoms with E-state index < -0.39 is 6.10 Å². The maximum absolute atomic E-state index is 9.75. The summed E-state index contributed by atoms with van der Waals surface area (Å²) >= 11 is 0. The van der Waals surface area contributed by atoms with Crippen molar-refractivity contribution < 1.29 is 5.11 Å². The molecule has 3 atom stereocenters. The van der Waals surface area contributed by atoms with E-state index in [2.05, 4.69) is 18.3 Å². The third-order valence-electron chi connectivity index (χ3n) is 3.71. The van der Waals surface area contributed by atoms with Crippen LogP contribution in [0.4, 0.5) is 5.69 Å². The third-order valence-corrected chi connectivity index (χ3v) is 3.71. The van der Waals surface area contributed by atoms with Crippen LogP contribution in [0.1, 0.15) is 51.2 Å². The first kappa shape index (κ1) is 12.4. The van der Waals surface area contributed by atoms with Gasteiger partial charge >= 0.3 is 0 Å². The Labute approximate surface area is 104 Å². The van der Waals surface area contributed by atoms with Crippen LogP contribution in [-0.4, -0.2) is 11.1 Å². The van der Waals surface area contributed by atoms with Crippen LogP contribution < -0.4 is 5.32 Å². The van der Waals surface area contributed by atoms with Crippen molar-refractivity contribution in [3.63, 3.8) is 0 Å². The van der Waals surface area contributed by atoms with Crippen molar-refractivity contribution in [2.45, 2.75) is 51.7 Å². The highest BCUT2D eigenvalue weighted by atomic mass is 16.3. The number of rotatable bonds is 3. The van der Waals surface area contributed by atoms with Crippen molar-refractivity contribution in [2.75, 3.05) is 5.32 Å². The van der Waals surface area contributed by atoms with E-state index >= 15 is 0 Å². The fourth-order valence-electron chi connectivity index (χ4n) is 2.78. The predicted octanol–water partition coefficient (Wildman–Crippen LogP) is 3.73. The molecule has 0 saturated heterocycles. The lowest BCUT2D eigenvalue weighted by molar-refractivity contribution is 0.200. The SMILES string of the molecule is CC1CCCC(Nc2ccccc2C(C)O)C1. The number of hydrogen-bond acceptors (Lipinski definition) is 2. The molecule has 2 rings (SSSR count). The van der Waals surface area contributed by atoms with Crippen LogP contribution in [-0.2, 0) is 0 Å². The van der Waals surface area contributed by atoms with E-state index in [4.69, 9.17) is 0 Å². The molecule has 1 aromatic carbocycles. The van der Waals surface area contributed by atoms with Crippen LogP contribution in [0.5, 0.6) is 0 Å². The van der Waals surface area contributed by atoms with E-state index in [1.165, 1.54) is 25.7 Å². The molecule has 17 heavy (non-hydrogen) atoms. The van der Waals surface area contributed by atoms with Gasteiger partial charge in [-0.1, -0.05) is 38.0 Å². The monoisotopic (exact) mass is 233 g/mol. The molecule has 1 fully saturated rings. The minimum Gasteiger partial charge on any atom is -0.389 e. The standard InChI is InChI=1S/C15H23NO/c1-11-6-5-7-13(10-11)16-15-9-4-3-8-14(15)12(2)17/h3-4,8-9,11-13,16-17H,5-7,10H2,1-2H3. The summed E-state index contributed by atoms with van der Waals surface area (Å²) in [7, 11) is 0. The topological polar surface area (TPSA) is 32.3 Å². The molecule has 0 radical (unpaired) electrons. The predicted molar refractivity (Wildman–Crippen MR) is 72.1 cm³/mol. The van der Waals surface area contributed by atoms with Crippen molar-refractivity contribution in [2.24, 2.45) is 5.92 Å².